The second-order valence-electron chi connectivity index (χ2n) is 7.58. The van der Waals surface area contributed by atoms with Gasteiger partial charge in [-0.25, -0.2) is 0 Å². The Bertz CT molecular complexity index is 593. The van der Waals surface area contributed by atoms with Crippen LogP contribution in [0.3, 0.4) is 0 Å². The molecule has 2 fully saturated rings. The van der Waals surface area contributed by atoms with Gasteiger partial charge in [-0.1, -0.05) is 6.07 Å². The maximum atomic E-state index is 12.6. The highest BCUT2D eigenvalue weighted by atomic mass is 16.5. The van der Waals surface area contributed by atoms with E-state index in [4.69, 9.17) is 4.74 Å². The summed E-state index contributed by atoms with van der Waals surface area (Å²) in [7, 11) is 1.94. The first-order chi connectivity index (χ1) is 11.5. The fourth-order valence-corrected chi connectivity index (χ4v) is 3.85. The Morgan fingerprint density at radius 3 is 2.75 bits per heavy atom. The number of carbonyl (C=O) groups is 1. The number of ether oxygens (including phenoxy) is 1. The van der Waals surface area contributed by atoms with Crippen molar-refractivity contribution in [2.45, 2.75) is 39.5 Å². The highest BCUT2D eigenvalue weighted by Crippen LogP contribution is 2.59. The van der Waals surface area contributed by atoms with Gasteiger partial charge < -0.3 is 15.0 Å². The smallest absolute Gasteiger partial charge is 0.226 e. The molecule has 24 heavy (non-hydrogen) atoms. The second kappa shape index (κ2) is 7.14. The Hall–Kier alpha value is -1.55. The van der Waals surface area contributed by atoms with Crippen molar-refractivity contribution in [2.24, 2.45) is 11.3 Å². The van der Waals surface area contributed by atoms with E-state index in [0.717, 1.165) is 51.1 Å². The van der Waals surface area contributed by atoms with E-state index >= 15 is 0 Å². The molecule has 1 spiro atoms. The van der Waals surface area contributed by atoms with Crippen LogP contribution in [0.5, 0.6) is 5.75 Å². The van der Waals surface area contributed by atoms with Gasteiger partial charge in [0.1, 0.15) is 5.75 Å². The Kier molecular flexibility index (Phi) is 5.14. The molecular formula is C20H30N2O2. The van der Waals surface area contributed by atoms with Gasteiger partial charge in [-0.3, -0.25) is 4.79 Å². The van der Waals surface area contributed by atoms with E-state index < -0.39 is 0 Å². The summed E-state index contributed by atoms with van der Waals surface area (Å²) in [4.78, 5) is 14.5. The summed E-state index contributed by atoms with van der Waals surface area (Å²) in [6.07, 6.45) is 4.29. The average molecular weight is 330 g/mol. The first kappa shape index (κ1) is 17.3. The lowest BCUT2D eigenvalue weighted by Crippen LogP contribution is -2.35. The Morgan fingerprint density at radius 2 is 2.04 bits per heavy atom. The van der Waals surface area contributed by atoms with Crippen molar-refractivity contribution in [1.29, 1.82) is 0 Å². The van der Waals surface area contributed by atoms with Crippen LogP contribution in [0.4, 0.5) is 0 Å². The number of piperidine rings is 1. The molecule has 1 atom stereocenters. The van der Waals surface area contributed by atoms with Crippen LogP contribution < -0.4 is 10.1 Å². The zero-order valence-corrected chi connectivity index (χ0v) is 15.2. The van der Waals surface area contributed by atoms with Gasteiger partial charge in [0.15, 0.2) is 0 Å². The number of carbonyl (C=O) groups excluding carboxylic acids is 1. The maximum Gasteiger partial charge on any atom is 0.226 e. The van der Waals surface area contributed by atoms with E-state index in [2.05, 4.69) is 31.3 Å². The minimum absolute atomic E-state index is 0.269. The summed E-state index contributed by atoms with van der Waals surface area (Å²) in [6.45, 7) is 7.76. The molecule has 0 radical (unpaired) electrons. The molecule has 3 rings (SSSR count). The fraction of sp³-hybridized carbons (Fsp3) is 0.650. The maximum absolute atomic E-state index is 12.6. The minimum Gasteiger partial charge on any atom is -0.494 e. The van der Waals surface area contributed by atoms with Crippen molar-refractivity contribution in [1.82, 2.24) is 10.2 Å². The predicted octanol–water partition coefficient (Wildman–Crippen LogP) is 2.92. The molecular weight excluding hydrogens is 300 g/mol. The van der Waals surface area contributed by atoms with Crippen molar-refractivity contribution in [3.05, 3.63) is 29.3 Å². The Labute approximate surface area is 145 Å². The largest absolute Gasteiger partial charge is 0.494 e. The number of nitrogens with one attached hydrogen (secondary N) is 1. The van der Waals surface area contributed by atoms with Crippen LogP contribution in [-0.2, 0) is 4.79 Å². The first-order valence-electron chi connectivity index (χ1n) is 9.18. The lowest BCUT2D eigenvalue weighted by Gasteiger charge is -2.25. The van der Waals surface area contributed by atoms with Crippen LogP contribution in [0.2, 0.25) is 0 Å². The zero-order valence-electron chi connectivity index (χ0n) is 15.2. The highest BCUT2D eigenvalue weighted by Gasteiger charge is 2.58. The number of hydrogen-bond donors (Lipinski definition) is 1. The van der Waals surface area contributed by atoms with Gasteiger partial charge in [-0.2, -0.15) is 0 Å². The average Bonchev–Trinajstić information content (AvgIpc) is 3.27. The predicted molar refractivity (Wildman–Crippen MR) is 96.3 cm³/mol. The van der Waals surface area contributed by atoms with E-state index in [9.17, 15) is 4.79 Å². The van der Waals surface area contributed by atoms with Gasteiger partial charge in [-0.05, 0) is 81.3 Å². The SMILES string of the molecule is Cc1ccc(OCCCN(C)C(=O)[C@@H]2CC23CCNCC3)cc1C. The molecule has 2 aliphatic rings. The molecule has 1 aromatic rings. The van der Waals surface area contributed by atoms with E-state index in [1.165, 1.54) is 11.1 Å². The topological polar surface area (TPSA) is 41.6 Å². The van der Waals surface area contributed by atoms with Crippen LogP contribution in [0, 0.1) is 25.2 Å². The van der Waals surface area contributed by atoms with Gasteiger partial charge in [0, 0.05) is 19.5 Å². The summed E-state index contributed by atoms with van der Waals surface area (Å²) < 4.78 is 5.81. The fourth-order valence-electron chi connectivity index (χ4n) is 3.85. The molecule has 1 aromatic carbocycles. The van der Waals surface area contributed by atoms with E-state index in [0.29, 0.717) is 17.9 Å². The number of benzene rings is 1. The molecule has 0 aromatic heterocycles. The van der Waals surface area contributed by atoms with Gasteiger partial charge >= 0.3 is 0 Å². The summed E-state index contributed by atoms with van der Waals surface area (Å²) >= 11 is 0. The summed E-state index contributed by atoms with van der Waals surface area (Å²) in [6, 6.07) is 6.18. The molecule has 1 saturated carbocycles. The van der Waals surface area contributed by atoms with E-state index in [1.54, 1.807) is 0 Å². The monoisotopic (exact) mass is 330 g/mol. The molecule has 132 valence electrons. The van der Waals surface area contributed by atoms with Crippen molar-refractivity contribution in [3.8, 4) is 5.75 Å². The summed E-state index contributed by atoms with van der Waals surface area (Å²) in [5.74, 6) is 1.52. The zero-order chi connectivity index (χ0) is 17.2. The second-order valence-corrected chi connectivity index (χ2v) is 7.58. The third-order valence-corrected chi connectivity index (χ3v) is 5.85. The number of hydrogen-bond acceptors (Lipinski definition) is 3. The minimum atomic E-state index is 0.269. The number of aryl methyl sites for hydroxylation is 2. The Morgan fingerprint density at radius 1 is 1.29 bits per heavy atom. The quantitative estimate of drug-likeness (QED) is 0.816. The molecule has 1 saturated heterocycles. The van der Waals surface area contributed by atoms with Crippen molar-refractivity contribution < 1.29 is 9.53 Å². The van der Waals surface area contributed by atoms with Crippen molar-refractivity contribution >= 4 is 5.91 Å². The van der Waals surface area contributed by atoms with Crippen molar-refractivity contribution in [3.63, 3.8) is 0 Å². The molecule has 4 heteroatoms. The number of amides is 1. The normalized spacial score (nSPS) is 21.5. The summed E-state index contributed by atoms with van der Waals surface area (Å²) in [5, 5.41) is 3.39. The van der Waals surface area contributed by atoms with Crippen LogP contribution in [0.1, 0.15) is 36.8 Å². The molecule has 1 N–H and O–H groups in total. The third-order valence-electron chi connectivity index (χ3n) is 5.85. The Balaban J connectivity index is 1.39. The third kappa shape index (κ3) is 3.75. The van der Waals surface area contributed by atoms with Crippen LogP contribution in [0.25, 0.3) is 0 Å². The molecule has 1 amide bonds. The van der Waals surface area contributed by atoms with Gasteiger partial charge in [0.05, 0.1) is 6.61 Å². The van der Waals surface area contributed by atoms with Crippen molar-refractivity contribution in [2.75, 3.05) is 33.3 Å². The summed E-state index contributed by atoms with van der Waals surface area (Å²) in [5.41, 5.74) is 2.86. The van der Waals surface area contributed by atoms with E-state index in [1.807, 2.05) is 18.0 Å². The lowest BCUT2D eigenvalue weighted by molar-refractivity contribution is -0.132. The van der Waals surface area contributed by atoms with Crippen LogP contribution >= 0.6 is 0 Å². The molecule has 1 aliphatic carbocycles. The molecule has 0 bridgehead atoms. The van der Waals surface area contributed by atoms with Crippen LogP contribution in [0.15, 0.2) is 18.2 Å². The van der Waals surface area contributed by atoms with E-state index in [-0.39, 0.29) is 5.92 Å². The molecule has 4 nitrogen and oxygen atoms in total. The first-order valence-corrected chi connectivity index (χ1v) is 9.18. The standard InChI is InChI=1S/C20H30N2O2/c1-15-5-6-17(13-16(15)2)24-12-4-11-22(3)19(23)18-14-20(18)7-9-21-10-8-20/h5-6,13,18,21H,4,7-12,14H2,1-3H3/t18-/m0/s1. The molecule has 1 heterocycles. The number of nitrogens with zero attached hydrogens (tertiary/aromatic N) is 1. The molecule has 0 unspecified atom stereocenters. The molecule has 1 aliphatic heterocycles. The number of rotatable bonds is 6. The van der Waals surface area contributed by atoms with Gasteiger partial charge in [-0.15, -0.1) is 0 Å². The van der Waals surface area contributed by atoms with Gasteiger partial charge in [0.25, 0.3) is 0 Å². The van der Waals surface area contributed by atoms with Gasteiger partial charge in [0.2, 0.25) is 5.91 Å². The lowest BCUT2D eigenvalue weighted by atomic mass is 9.91. The van der Waals surface area contributed by atoms with Crippen LogP contribution in [-0.4, -0.2) is 44.1 Å². The highest BCUT2D eigenvalue weighted by molar-refractivity contribution is 5.82.